The number of benzene rings is 1. The van der Waals surface area contributed by atoms with E-state index in [2.05, 4.69) is 4.57 Å². The molecule has 2 aromatic rings. The van der Waals surface area contributed by atoms with Gasteiger partial charge in [0, 0.05) is 23.1 Å². The van der Waals surface area contributed by atoms with E-state index in [4.69, 9.17) is 10.5 Å². The van der Waals surface area contributed by atoms with Crippen LogP contribution in [0.5, 0.6) is 0 Å². The van der Waals surface area contributed by atoms with Crippen molar-refractivity contribution in [1.29, 1.82) is 0 Å². The van der Waals surface area contributed by atoms with Gasteiger partial charge in [-0.1, -0.05) is 0 Å². The van der Waals surface area contributed by atoms with Crippen LogP contribution in [0.2, 0.25) is 0 Å². The molecule has 2 N–H and O–H groups in total. The number of anilines is 1. The van der Waals surface area contributed by atoms with Crippen molar-refractivity contribution >= 4 is 22.6 Å². The van der Waals surface area contributed by atoms with Crippen molar-refractivity contribution in [3.05, 3.63) is 30.0 Å². The highest BCUT2D eigenvalue weighted by atomic mass is 16.5. The molecule has 4 heteroatoms. The Morgan fingerprint density at radius 1 is 1.42 bits per heavy atom. The smallest absolute Gasteiger partial charge is 0.354 e. The van der Waals surface area contributed by atoms with Crippen LogP contribution in [0.4, 0.5) is 5.69 Å². The predicted octanol–water partition coefficient (Wildman–Crippen LogP) is 2.81. The molecule has 1 saturated carbocycles. The van der Waals surface area contributed by atoms with Crippen molar-refractivity contribution < 1.29 is 9.53 Å². The van der Waals surface area contributed by atoms with Crippen molar-refractivity contribution in [3.8, 4) is 0 Å². The molecule has 1 aliphatic rings. The van der Waals surface area contributed by atoms with Crippen molar-refractivity contribution in [2.24, 2.45) is 5.92 Å². The third-order valence-corrected chi connectivity index (χ3v) is 3.55. The SMILES string of the molecule is CCOC(=O)c1cc2cc(N)ccc2n1CC1CC1. The highest BCUT2D eigenvalue weighted by Crippen LogP contribution is 2.33. The highest BCUT2D eigenvalue weighted by molar-refractivity contribution is 5.96. The van der Waals surface area contributed by atoms with Gasteiger partial charge in [0.2, 0.25) is 0 Å². The molecule has 0 amide bonds. The Kier molecular flexibility index (Phi) is 2.93. The Labute approximate surface area is 112 Å². The lowest BCUT2D eigenvalue weighted by Gasteiger charge is -2.09. The zero-order chi connectivity index (χ0) is 13.4. The van der Waals surface area contributed by atoms with E-state index in [0.717, 1.165) is 17.4 Å². The first-order valence-electron chi connectivity index (χ1n) is 6.75. The fraction of sp³-hybridized carbons (Fsp3) is 0.400. The molecule has 1 aromatic heterocycles. The summed E-state index contributed by atoms with van der Waals surface area (Å²) in [7, 11) is 0. The number of ether oxygens (including phenoxy) is 1. The molecule has 3 rings (SSSR count). The zero-order valence-electron chi connectivity index (χ0n) is 11.1. The lowest BCUT2D eigenvalue weighted by atomic mass is 10.2. The van der Waals surface area contributed by atoms with Gasteiger partial charge in [-0.05, 0) is 49.9 Å². The minimum Gasteiger partial charge on any atom is -0.461 e. The van der Waals surface area contributed by atoms with Gasteiger partial charge in [-0.25, -0.2) is 4.79 Å². The molecule has 0 unspecified atom stereocenters. The number of nitrogen functional groups attached to an aromatic ring is 1. The molecule has 1 fully saturated rings. The second-order valence-electron chi connectivity index (χ2n) is 5.12. The van der Waals surface area contributed by atoms with E-state index in [-0.39, 0.29) is 5.97 Å². The number of nitrogens with two attached hydrogens (primary N) is 1. The summed E-state index contributed by atoms with van der Waals surface area (Å²) in [6.07, 6.45) is 2.49. The third-order valence-electron chi connectivity index (χ3n) is 3.55. The first-order chi connectivity index (χ1) is 9.19. The maximum atomic E-state index is 12.0. The second-order valence-corrected chi connectivity index (χ2v) is 5.12. The van der Waals surface area contributed by atoms with Gasteiger partial charge in [0.1, 0.15) is 5.69 Å². The molecule has 0 bridgehead atoms. The van der Waals surface area contributed by atoms with E-state index in [1.165, 1.54) is 12.8 Å². The summed E-state index contributed by atoms with van der Waals surface area (Å²) in [6, 6.07) is 7.64. The Bertz CT molecular complexity index is 626. The average Bonchev–Trinajstić information content (AvgIpc) is 3.11. The van der Waals surface area contributed by atoms with Crippen molar-refractivity contribution in [2.45, 2.75) is 26.3 Å². The highest BCUT2D eigenvalue weighted by Gasteiger charge is 2.25. The first-order valence-corrected chi connectivity index (χ1v) is 6.75. The molecule has 0 atom stereocenters. The Hall–Kier alpha value is -1.97. The van der Waals surface area contributed by atoms with E-state index in [0.29, 0.717) is 23.9 Å². The van der Waals surface area contributed by atoms with Crippen LogP contribution in [-0.2, 0) is 11.3 Å². The normalized spacial score (nSPS) is 14.8. The maximum absolute atomic E-state index is 12.0. The summed E-state index contributed by atoms with van der Waals surface area (Å²) in [5.74, 6) is 0.444. The van der Waals surface area contributed by atoms with Crippen molar-refractivity contribution in [3.63, 3.8) is 0 Å². The lowest BCUT2D eigenvalue weighted by Crippen LogP contribution is -2.13. The van der Waals surface area contributed by atoms with Gasteiger partial charge in [0.15, 0.2) is 0 Å². The monoisotopic (exact) mass is 258 g/mol. The molecule has 0 aliphatic heterocycles. The number of rotatable bonds is 4. The zero-order valence-corrected chi connectivity index (χ0v) is 11.1. The summed E-state index contributed by atoms with van der Waals surface area (Å²) >= 11 is 0. The summed E-state index contributed by atoms with van der Waals surface area (Å²) < 4.78 is 7.21. The van der Waals surface area contributed by atoms with Crippen LogP contribution in [0.25, 0.3) is 10.9 Å². The van der Waals surface area contributed by atoms with E-state index in [9.17, 15) is 4.79 Å². The van der Waals surface area contributed by atoms with Gasteiger partial charge in [-0.3, -0.25) is 0 Å². The summed E-state index contributed by atoms with van der Waals surface area (Å²) in [6.45, 7) is 3.11. The number of aromatic nitrogens is 1. The topological polar surface area (TPSA) is 57.2 Å². The molecule has 4 nitrogen and oxygen atoms in total. The first kappa shape index (κ1) is 12.1. The molecular weight excluding hydrogens is 240 g/mol. The molecule has 0 spiro atoms. The van der Waals surface area contributed by atoms with Crippen LogP contribution in [0.3, 0.4) is 0 Å². The van der Waals surface area contributed by atoms with Gasteiger partial charge < -0.3 is 15.0 Å². The minimum absolute atomic E-state index is 0.252. The van der Waals surface area contributed by atoms with Crippen LogP contribution in [0.1, 0.15) is 30.3 Å². The molecule has 1 aliphatic carbocycles. The van der Waals surface area contributed by atoms with Crippen LogP contribution >= 0.6 is 0 Å². The predicted molar refractivity (Wildman–Crippen MR) is 75.0 cm³/mol. The van der Waals surface area contributed by atoms with Gasteiger partial charge in [-0.2, -0.15) is 0 Å². The molecule has 100 valence electrons. The van der Waals surface area contributed by atoms with Crippen LogP contribution < -0.4 is 5.73 Å². The van der Waals surface area contributed by atoms with E-state index in [1.807, 2.05) is 31.2 Å². The number of hydrogen-bond donors (Lipinski definition) is 1. The standard InChI is InChI=1S/C15H18N2O2/c1-2-19-15(18)14-8-11-7-12(16)5-6-13(11)17(14)9-10-3-4-10/h5-8,10H,2-4,9,16H2,1H3. The Balaban J connectivity index is 2.09. The molecule has 0 radical (unpaired) electrons. The number of carbonyl (C=O) groups excluding carboxylic acids is 1. The second kappa shape index (κ2) is 4.61. The summed E-state index contributed by atoms with van der Waals surface area (Å²) in [5.41, 5.74) is 8.21. The van der Waals surface area contributed by atoms with Crippen molar-refractivity contribution in [1.82, 2.24) is 4.57 Å². The van der Waals surface area contributed by atoms with Crippen LogP contribution in [-0.4, -0.2) is 17.1 Å². The van der Waals surface area contributed by atoms with Crippen molar-refractivity contribution in [2.75, 3.05) is 12.3 Å². The van der Waals surface area contributed by atoms with E-state index < -0.39 is 0 Å². The molecule has 1 heterocycles. The van der Waals surface area contributed by atoms with Crippen LogP contribution in [0.15, 0.2) is 24.3 Å². The fourth-order valence-electron chi connectivity index (χ4n) is 2.42. The quantitative estimate of drug-likeness (QED) is 0.677. The number of nitrogens with zero attached hydrogens (tertiary/aromatic N) is 1. The maximum Gasteiger partial charge on any atom is 0.354 e. The summed E-state index contributed by atoms with van der Waals surface area (Å²) in [4.78, 5) is 12.0. The van der Waals surface area contributed by atoms with Gasteiger partial charge in [0.25, 0.3) is 0 Å². The van der Waals surface area contributed by atoms with Gasteiger partial charge in [0.05, 0.1) is 6.61 Å². The minimum atomic E-state index is -0.252. The molecular formula is C15H18N2O2. The van der Waals surface area contributed by atoms with Gasteiger partial charge >= 0.3 is 5.97 Å². The number of esters is 1. The number of fused-ring (bicyclic) bond motifs is 1. The molecule has 1 aromatic carbocycles. The van der Waals surface area contributed by atoms with E-state index in [1.54, 1.807) is 0 Å². The average molecular weight is 258 g/mol. The number of carbonyl (C=O) groups is 1. The largest absolute Gasteiger partial charge is 0.461 e. The van der Waals surface area contributed by atoms with Gasteiger partial charge in [-0.15, -0.1) is 0 Å². The Morgan fingerprint density at radius 3 is 2.89 bits per heavy atom. The lowest BCUT2D eigenvalue weighted by molar-refractivity contribution is 0.0514. The third kappa shape index (κ3) is 2.30. The van der Waals surface area contributed by atoms with Crippen LogP contribution in [0, 0.1) is 5.92 Å². The molecule has 0 saturated heterocycles. The van der Waals surface area contributed by atoms with E-state index >= 15 is 0 Å². The number of hydrogen-bond acceptors (Lipinski definition) is 3. The summed E-state index contributed by atoms with van der Waals surface area (Å²) in [5, 5.41) is 1.00. The molecule has 19 heavy (non-hydrogen) atoms. The fourth-order valence-corrected chi connectivity index (χ4v) is 2.42. The Morgan fingerprint density at radius 2 is 2.21 bits per heavy atom.